The molecule has 0 radical (unpaired) electrons. The average Bonchev–Trinajstić information content (AvgIpc) is 2.28. The standard InChI is InChI=1S/C12H11FN2O2S/c13-10-7-4-8-11(14)12(10)18(16,17)15-9-5-2-1-3-6-9/h1-8,15H,14H2. The minimum absolute atomic E-state index is 0.126. The summed E-state index contributed by atoms with van der Waals surface area (Å²) in [4.78, 5) is -0.533. The second-order valence-electron chi connectivity index (χ2n) is 3.63. The Morgan fingerprint density at radius 2 is 1.67 bits per heavy atom. The Labute approximate surface area is 104 Å². The van der Waals surface area contributed by atoms with Crippen LogP contribution in [0.2, 0.25) is 0 Å². The average molecular weight is 266 g/mol. The Morgan fingerprint density at radius 3 is 2.28 bits per heavy atom. The van der Waals surface area contributed by atoms with Crippen LogP contribution < -0.4 is 10.5 Å². The first-order valence-corrected chi connectivity index (χ1v) is 6.61. The number of hydrogen-bond donors (Lipinski definition) is 2. The molecule has 0 saturated heterocycles. The van der Waals surface area contributed by atoms with Crippen molar-refractivity contribution in [3.63, 3.8) is 0 Å². The van der Waals surface area contributed by atoms with Gasteiger partial charge in [-0.1, -0.05) is 24.3 Å². The summed E-state index contributed by atoms with van der Waals surface area (Å²) in [5, 5.41) is 0. The maximum atomic E-state index is 13.5. The monoisotopic (exact) mass is 266 g/mol. The number of para-hydroxylation sites is 1. The van der Waals surface area contributed by atoms with Gasteiger partial charge >= 0.3 is 0 Å². The fourth-order valence-corrected chi connectivity index (χ4v) is 2.77. The number of anilines is 2. The molecule has 2 aromatic rings. The van der Waals surface area contributed by atoms with E-state index in [9.17, 15) is 12.8 Å². The third-order valence-corrected chi connectivity index (χ3v) is 3.76. The van der Waals surface area contributed by atoms with Crippen molar-refractivity contribution in [2.45, 2.75) is 4.90 Å². The third kappa shape index (κ3) is 2.43. The summed E-state index contributed by atoms with van der Waals surface area (Å²) in [6.45, 7) is 0. The van der Waals surface area contributed by atoms with Crippen LogP contribution in [0, 0.1) is 5.82 Å². The summed E-state index contributed by atoms with van der Waals surface area (Å²) >= 11 is 0. The zero-order valence-electron chi connectivity index (χ0n) is 9.30. The number of nitrogens with two attached hydrogens (primary N) is 1. The molecule has 0 aliphatic rings. The Kier molecular flexibility index (Phi) is 3.20. The zero-order chi connectivity index (χ0) is 13.2. The normalized spacial score (nSPS) is 11.2. The summed E-state index contributed by atoms with van der Waals surface area (Å²) in [6, 6.07) is 12.0. The molecule has 0 heterocycles. The number of benzene rings is 2. The van der Waals surface area contributed by atoms with E-state index in [-0.39, 0.29) is 5.69 Å². The van der Waals surface area contributed by atoms with Crippen LogP contribution in [0.25, 0.3) is 0 Å². The molecule has 0 fully saturated rings. The Morgan fingerprint density at radius 1 is 1.00 bits per heavy atom. The van der Waals surface area contributed by atoms with E-state index >= 15 is 0 Å². The van der Waals surface area contributed by atoms with Gasteiger partial charge in [-0.15, -0.1) is 0 Å². The summed E-state index contributed by atoms with van der Waals surface area (Å²) in [5.41, 5.74) is 5.72. The highest BCUT2D eigenvalue weighted by molar-refractivity contribution is 7.92. The van der Waals surface area contributed by atoms with E-state index in [1.54, 1.807) is 30.3 Å². The second kappa shape index (κ2) is 4.66. The zero-order valence-corrected chi connectivity index (χ0v) is 10.1. The van der Waals surface area contributed by atoms with Crippen molar-refractivity contribution < 1.29 is 12.8 Å². The van der Waals surface area contributed by atoms with Gasteiger partial charge in [-0.05, 0) is 24.3 Å². The van der Waals surface area contributed by atoms with E-state index in [1.165, 1.54) is 12.1 Å². The number of nitrogens with one attached hydrogen (secondary N) is 1. The summed E-state index contributed by atoms with van der Waals surface area (Å²) in [5.74, 6) is -0.876. The summed E-state index contributed by atoms with van der Waals surface area (Å²) in [7, 11) is -4.02. The van der Waals surface area contributed by atoms with E-state index in [2.05, 4.69) is 4.72 Å². The van der Waals surface area contributed by atoms with Gasteiger partial charge in [0.05, 0.1) is 5.69 Å². The van der Waals surface area contributed by atoms with Crippen molar-refractivity contribution in [2.75, 3.05) is 10.5 Å². The van der Waals surface area contributed by atoms with E-state index in [0.717, 1.165) is 6.07 Å². The SMILES string of the molecule is Nc1cccc(F)c1S(=O)(=O)Nc1ccccc1. The maximum Gasteiger partial charge on any atom is 0.266 e. The van der Waals surface area contributed by atoms with E-state index < -0.39 is 20.7 Å². The molecule has 0 aliphatic heterocycles. The molecular formula is C12H11FN2O2S. The van der Waals surface area contributed by atoms with Gasteiger partial charge in [-0.25, -0.2) is 12.8 Å². The van der Waals surface area contributed by atoms with Crippen LogP contribution in [-0.4, -0.2) is 8.42 Å². The van der Waals surface area contributed by atoms with Gasteiger partial charge in [-0.2, -0.15) is 0 Å². The lowest BCUT2D eigenvalue weighted by Crippen LogP contribution is -2.16. The molecule has 0 unspecified atom stereocenters. The predicted molar refractivity (Wildman–Crippen MR) is 68.1 cm³/mol. The van der Waals surface area contributed by atoms with Gasteiger partial charge in [0.2, 0.25) is 0 Å². The quantitative estimate of drug-likeness (QED) is 0.837. The minimum Gasteiger partial charge on any atom is -0.398 e. The van der Waals surface area contributed by atoms with Crippen LogP contribution in [0.1, 0.15) is 0 Å². The van der Waals surface area contributed by atoms with Crippen molar-refractivity contribution in [2.24, 2.45) is 0 Å². The van der Waals surface area contributed by atoms with Gasteiger partial charge in [0.15, 0.2) is 0 Å². The van der Waals surface area contributed by atoms with Gasteiger partial charge in [0.1, 0.15) is 10.7 Å². The predicted octanol–water partition coefficient (Wildman–Crippen LogP) is 2.21. The van der Waals surface area contributed by atoms with Crippen LogP contribution in [-0.2, 0) is 10.0 Å². The first-order valence-electron chi connectivity index (χ1n) is 5.12. The number of sulfonamides is 1. The second-order valence-corrected chi connectivity index (χ2v) is 5.25. The highest BCUT2D eigenvalue weighted by atomic mass is 32.2. The smallest absolute Gasteiger partial charge is 0.266 e. The lowest BCUT2D eigenvalue weighted by Gasteiger charge is -2.10. The van der Waals surface area contributed by atoms with Gasteiger partial charge in [-0.3, -0.25) is 4.72 Å². The number of halogens is 1. The maximum absolute atomic E-state index is 13.5. The summed E-state index contributed by atoms with van der Waals surface area (Å²) in [6.07, 6.45) is 0. The van der Waals surface area contributed by atoms with E-state index in [0.29, 0.717) is 5.69 Å². The molecule has 0 atom stereocenters. The molecule has 3 N–H and O–H groups in total. The molecular weight excluding hydrogens is 255 g/mol. The molecule has 0 bridgehead atoms. The molecule has 6 heteroatoms. The fourth-order valence-electron chi connectivity index (χ4n) is 1.52. The van der Waals surface area contributed by atoms with E-state index in [4.69, 9.17) is 5.73 Å². The van der Waals surface area contributed by atoms with Crippen LogP contribution in [0.3, 0.4) is 0 Å². The lowest BCUT2D eigenvalue weighted by atomic mass is 10.3. The van der Waals surface area contributed by atoms with Crippen LogP contribution in [0.15, 0.2) is 53.4 Å². The Balaban J connectivity index is 2.44. The Hall–Kier alpha value is -2.08. The molecule has 0 amide bonds. The molecule has 94 valence electrons. The van der Waals surface area contributed by atoms with Crippen molar-refractivity contribution in [1.29, 1.82) is 0 Å². The van der Waals surface area contributed by atoms with Crippen LogP contribution >= 0.6 is 0 Å². The number of hydrogen-bond acceptors (Lipinski definition) is 3. The van der Waals surface area contributed by atoms with Crippen molar-refractivity contribution >= 4 is 21.4 Å². The highest BCUT2D eigenvalue weighted by Gasteiger charge is 2.21. The first-order chi connectivity index (χ1) is 8.50. The molecule has 18 heavy (non-hydrogen) atoms. The lowest BCUT2D eigenvalue weighted by molar-refractivity contribution is 0.572. The van der Waals surface area contributed by atoms with Gasteiger partial charge in [0, 0.05) is 5.69 Å². The molecule has 0 saturated carbocycles. The van der Waals surface area contributed by atoms with Crippen LogP contribution in [0.4, 0.5) is 15.8 Å². The molecule has 0 spiro atoms. The third-order valence-electron chi connectivity index (χ3n) is 2.29. The molecule has 4 nitrogen and oxygen atoms in total. The van der Waals surface area contributed by atoms with Gasteiger partial charge in [0.25, 0.3) is 10.0 Å². The van der Waals surface area contributed by atoms with E-state index in [1.807, 2.05) is 0 Å². The highest BCUT2D eigenvalue weighted by Crippen LogP contribution is 2.24. The topological polar surface area (TPSA) is 72.2 Å². The number of rotatable bonds is 3. The largest absolute Gasteiger partial charge is 0.398 e. The van der Waals surface area contributed by atoms with Gasteiger partial charge < -0.3 is 5.73 Å². The van der Waals surface area contributed by atoms with Crippen LogP contribution in [0.5, 0.6) is 0 Å². The van der Waals surface area contributed by atoms with Crippen molar-refractivity contribution in [3.8, 4) is 0 Å². The molecule has 2 aromatic carbocycles. The van der Waals surface area contributed by atoms with Crippen molar-refractivity contribution in [3.05, 3.63) is 54.3 Å². The molecule has 0 aromatic heterocycles. The van der Waals surface area contributed by atoms with Crippen molar-refractivity contribution in [1.82, 2.24) is 0 Å². The fraction of sp³-hybridized carbons (Fsp3) is 0. The first kappa shape index (κ1) is 12.4. The molecule has 0 aliphatic carbocycles. The molecule has 2 rings (SSSR count). The minimum atomic E-state index is -4.02. The number of nitrogen functional groups attached to an aromatic ring is 1. The Bertz CT molecular complexity index is 637. The summed E-state index contributed by atoms with van der Waals surface area (Å²) < 4.78 is 39.8.